The predicted octanol–water partition coefficient (Wildman–Crippen LogP) is 4.26. The van der Waals surface area contributed by atoms with Crippen molar-refractivity contribution >= 4 is 17.4 Å². The lowest BCUT2D eigenvalue weighted by atomic mass is 10.1. The van der Waals surface area contributed by atoms with Gasteiger partial charge in [-0.25, -0.2) is 4.98 Å². The standard InChI is InChI=1S/C23H25N3O3/c1-16-12-17(2)14-19(13-16)26-22-9-4-18(15-25-22)23(27)24-10-11-29-21-7-5-20(28-3)6-8-21/h4-9,12-15H,10-11H2,1-3H3,(H,24,27)(H,25,26). The molecule has 1 amide bonds. The molecule has 0 aliphatic heterocycles. The Kier molecular flexibility index (Phi) is 6.68. The zero-order chi connectivity index (χ0) is 20.6. The van der Waals surface area contributed by atoms with Crippen molar-refractivity contribution in [3.8, 4) is 11.5 Å². The molecule has 0 unspecified atom stereocenters. The Morgan fingerprint density at radius 1 is 0.966 bits per heavy atom. The molecule has 0 bridgehead atoms. The quantitative estimate of drug-likeness (QED) is 0.562. The number of pyridine rings is 1. The van der Waals surface area contributed by atoms with E-state index in [1.54, 1.807) is 25.4 Å². The lowest BCUT2D eigenvalue weighted by Gasteiger charge is -2.10. The fraction of sp³-hybridized carbons (Fsp3) is 0.217. The third kappa shape index (κ3) is 5.97. The number of nitrogens with zero attached hydrogens (tertiary/aromatic N) is 1. The summed E-state index contributed by atoms with van der Waals surface area (Å²) in [4.78, 5) is 16.6. The van der Waals surface area contributed by atoms with Crippen LogP contribution in [-0.2, 0) is 0 Å². The second-order valence-electron chi connectivity index (χ2n) is 6.71. The Bertz CT molecular complexity index is 934. The summed E-state index contributed by atoms with van der Waals surface area (Å²) < 4.78 is 10.7. The van der Waals surface area contributed by atoms with E-state index in [-0.39, 0.29) is 5.91 Å². The van der Waals surface area contributed by atoms with Gasteiger partial charge in [-0.15, -0.1) is 0 Å². The maximum atomic E-state index is 12.3. The first-order valence-corrected chi connectivity index (χ1v) is 9.40. The molecule has 150 valence electrons. The summed E-state index contributed by atoms with van der Waals surface area (Å²) in [6.45, 7) is 4.88. The fourth-order valence-electron chi connectivity index (χ4n) is 2.90. The topological polar surface area (TPSA) is 72.5 Å². The summed E-state index contributed by atoms with van der Waals surface area (Å²) in [5.74, 6) is 2.00. The molecule has 1 heterocycles. The molecule has 0 aliphatic carbocycles. The molecule has 0 fully saturated rings. The van der Waals surface area contributed by atoms with Gasteiger partial charge in [0.15, 0.2) is 0 Å². The number of aromatic nitrogens is 1. The van der Waals surface area contributed by atoms with Crippen molar-refractivity contribution in [3.63, 3.8) is 0 Å². The van der Waals surface area contributed by atoms with Crippen LogP contribution in [0.5, 0.6) is 11.5 Å². The van der Waals surface area contributed by atoms with Crippen LogP contribution in [-0.4, -0.2) is 31.2 Å². The van der Waals surface area contributed by atoms with E-state index in [0.29, 0.717) is 24.5 Å². The van der Waals surface area contributed by atoms with Gasteiger partial charge < -0.3 is 20.1 Å². The molecular weight excluding hydrogens is 366 g/mol. The van der Waals surface area contributed by atoms with Gasteiger partial charge in [-0.3, -0.25) is 4.79 Å². The van der Waals surface area contributed by atoms with Crippen molar-refractivity contribution in [2.24, 2.45) is 0 Å². The van der Waals surface area contributed by atoms with Gasteiger partial charge in [0.25, 0.3) is 5.91 Å². The number of aryl methyl sites for hydroxylation is 2. The molecule has 29 heavy (non-hydrogen) atoms. The molecule has 0 atom stereocenters. The van der Waals surface area contributed by atoms with Gasteiger partial charge in [0.2, 0.25) is 0 Å². The Morgan fingerprint density at radius 2 is 1.66 bits per heavy atom. The van der Waals surface area contributed by atoms with Crippen LogP contribution in [0.4, 0.5) is 11.5 Å². The summed E-state index contributed by atoms with van der Waals surface area (Å²) >= 11 is 0. The maximum Gasteiger partial charge on any atom is 0.252 e. The zero-order valence-corrected chi connectivity index (χ0v) is 16.9. The Labute approximate surface area is 170 Å². The lowest BCUT2D eigenvalue weighted by molar-refractivity contribution is 0.0946. The largest absolute Gasteiger partial charge is 0.497 e. The van der Waals surface area contributed by atoms with Gasteiger partial charge in [-0.05, 0) is 73.5 Å². The molecule has 0 aliphatic rings. The van der Waals surface area contributed by atoms with Crippen LogP contribution < -0.4 is 20.1 Å². The number of anilines is 2. The zero-order valence-electron chi connectivity index (χ0n) is 16.9. The van der Waals surface area contributed by atoms with E-state index >= 15 is 0 Å². The molecule has 0 radical (unpaired) electrons. The molecule has 6 nitrogen and oxygen atoms in total. The molecule has 6 heteroatoms. The second kappa shape index (κ2) is 9.59. The van der Waals surface area contributed by atoms with Crippen molar-refractivity contribution in [1.82, 2.24) is 10.3 Å². The van der Waals surface area contributed by atoms with Crippen LogP contribution in [0.15, 0.2) is 60.8 Å². The number of methoxy groups -OCH3 is 1. The molecule has 2 N–H and O–H groups in total. The first-order valence-electron chi connectivity index (χ1n) is 9.40. The summed E-state index contributed by atoms with van der Waals surface area (Å²) in [6, 6.07) is 17.1. The number of nitrogens with one attached hydrogen (secondary N) is 2. The Morgan fingerprint density at radius 3 is 2.28 bits per heavy atom. The average molecular weight is 391 g/mol. The van der Waals surface area contributed by atoms with Crippen molar-refractivity contribution in [3.05, 3.63) is 77.5 Å². The average Bonchev–Trinajstić information content (AvgIpc) is 2.71. The lowest BCUT2D eigenvalue weighted by Crippen LogP contribution is -2.28. The van der Waals surface area contributed by atoms with E-state index in [1.165, 1.54) is 11.1 Å². The number of ether oxygens (including phenoxy) is 2. The fourth-order valence-corrected chi connectivity index (χ4v) is 2.90. The van der Waals surface area contributed by atoms with E-state index in [1.807, 2.05) is 24.3 Å². The molecule has 3 rings (SSSR count). The summed E-state index contributed by atoms with van der Waals surface area (Å²) in [6.07, 6.45) is 1.56. The smallest absolute Gasteiger partial charge is 0.252 e. The number of carbonyl (C=O) groups is 1. The second-order valence-corrected chi connectivity index (χ2v) is 6.71. The van der Waals surface area contributed by atoms with Crippen molar-refractivity contribution in [1.29, 1.82) is 0 Å². The van der Waals surface area contributed by atoms with Crippen LogP contribution in [0.3, 0.4) is 0 Å². The van der Waals surface area contributed by atoms with Gasteiger partial charge in [0.1, 0.15) is 23.9 Å². The van der Waals surface area contributed by atoms with Gasteiger partial charge >= 0.3 is 0 Å². The number of hydrogen-bond donors (Lipinski definition) is 2. The van der Waals surface area contributed by atoms with Crippen LogP contribution in [0.1, 0.15) is 21.5 Å². The minimum atomic E-state index is -0.186. The highest BCUT2D eigenvalue weighted by Crippen LogP contribution is 2.19. The molecular formula is C23H25N3O3. The molecule has 1 aromatic heterocycles. The predicted molar refractivity (Wildman–Crippen MR) is 114 cm³/mol. The normalized spacial score (nSPS) is 10.3. The maximum absolute atomic E-state index is 12.3. The molecule has 0 saturated carbocycles. The number of hydrogen-bond acceptors (Lipinski definition) is 5. The minimum Gasteiger partial charge on any atom is -0.497 e. The number of amides is 1. The first-order chi connectivity index (χ1) is 14.0. The molecule has 0 saturated heterocycles. The third-order valence-corrected chi connectivity index (χ3v) is 4.24. The highest BCUT2D eigenvalue weighted by atomic mass is 16.5. The molecule has 3 aromatic rings. The van der Waals surface area contributed by atoms with Gasteiger partial charge in [0.05, 0.1) is 19.2 Å². The van der Waals surface area contributed by atoms with Crippen LogP contribution in [0.25, 0.3) is 0 Å². The van der Waals surface area contributed by atoms with Crippen LogP contribution in [0.2, 0.25) is 0 Å². The van der Waals surface area contributed by atoms with Crippen molar-refractivity contribution in [2.75, 3.05) is 25.6 Å². The third-order valence-electron chi connectivity index (χ3n) is 4.24. The van der Waals surface area contributed by atoms with Crippen molar-refractivity contribution < 1.29 is 14.3 Å². The number of benzene rings is 2. The van der Waals surface area contributed by atoms with E-state index in [2.05, 4.69) is 47.7 Å². The monoisotopic (exact) mass is 391 g/mol. The van der Waals surface area contributed by atoms with Gasteiger partial charge in [0, 0.05) is 11.9 Å². The Hall–Kier alpha value is -3.54. The molecule has 2 aromatic carbocycles. The highest BCUT2D eigenvalue weighted by molar-refractivity contribution is 5.94. The van der Waals surface area contributed by atoms with Crippen LogP contribution in [0, 0.1) is 13.8 Å². The molecule has 0 spiro atoms. The summed E-state index contributed by atoms with van der Waals surface area (Å²) in [5, 5.41) is 6.09. The van der Waals surface area contributed by atoms with Crippen molar-refractivity contribution in [2.45, 2.75) is 13.8 Å². The van der Waals surface area contributed by atoms with E-state index < -0.39 is 0 Å². The van der Waals surface area contributed by atoms with E-state index in [4.69, 9.17) is 9.47 Å². The first kappa shape index (κ1) is 20.2. The highest BCUT2D eigenvalue weighted by Gasteiger charge is 2.06. The SMILES string of the molecule is COc1ccc(OCCNC(=O)c2ccc(Nc3cc(C)cc(C)c3)nc2)cc1. The van der Waals surface area contributed by atoms with Gasteiger partial charge in [-0.2, -0.15) is 0 Å². The number of carbonyl (C=O) groups excluding carboxylic acids is 1. The van der Waals surface area contributed by atoms with Crippen LogP contribution >= 0.6 is 0 Å². The van der Waals surface area contributed by atoms with E-state index in [0.717, 1.165) is 17.2 Å². The van der Waals surface area contributed by atoms with E-state index in [9.17, 15) is 4.79 Å². The summed E-state index contributed by atoms with van der Waals surface area (Å²) in [5.41, 5.74) is 3.84. The van der Waals surface area contributed by atoms with Gasteiger partial charge in [-0.1, -0.05) is 6.07 Å². The summed E-state index contributed by atoms with van der Waals surface area (Å²) in [7, 11) is 1.62. The Balaban J connectivity index is 1.47. The minimum absolute atomic E-state index is 0.186. The number of rotatable bonds is 8.